The smallest absolute Gasteiger partial charge is 0.152 e. The minimum atomic E-state index is 1.06. The van der Waals surface area contributed by atoms with Crippen LogP contribution < -0.4 is 5.01 Å². The monoisotopic (exact) mass is 448 g/mol. The van der Waals surface area contributed by atoms with Crippen LogP contribution >= 0.6 is 0 Å². The summed E-state index contributed by atoms with van der Waals surface area (Å²) >= 11 is 0. The van der Waals surface area contributed by atoms with Crippen LogP contribution in [0, 0.1) is 0 Å². The molecule has 0 saturated carbocycles. The summed E-state index contributed by atoms with van der Waals surface area (Å²) in [5.41, 5.74) is 0. The van der Waals surface area contributed by atoms with Gasteiger partial charge in [0.1, 0.15) is 0 Å². The van der Waals surface area contributed by atoms with E-state index in [9.17, 15) is 0 Å². The molecule has 0 aromatic carbocycles. The molecule has 0 N–H and O–H groups in total. The Hall–Kier alpha value is -1.06. The zero-order valence-corrected chi connectivity index (χ0v) is 22.3. The van der Waals surface area contributed by atoms with Crippen LogP contribution in [-0.4, -0.2) is 29.0 Å². The van der Waals surface area contributed by atoms with E-state index in [2.05, 4.69) is 47.8 Å². The van der Waals surface area contributed by atoms with Gasteiger partial charge in [-0.15, -0.1) is 10.2 Å². The Morgan fingerprint density at radius 2 is 0.750 bits per heavy atom. The van der Waals surface area contributed by atoms with Crippen LogP contribution in [0.3, 0.4) is 0 Å². The van der Waals surface area contributed by atoms with Crippen molar-refractivity contribution in [3.05, 3.63) is 11.6 Å². The van der Waals surface area contributed by atoms with E-state index >= 15 is 0 Å². The van der Waals surface area contributed by atoms with Gasteiger partial charge in [0, 0.05) is 26.9 Å². The summed E-state index contributed by atoms with van der Waals surface area (Å²) in [7, 11) is 4.24. The zero-order valence-electron chi connectivity index (χ0n) is 22.3. The second-order valence-corrected chi connectivity index (χ2v) is 10.1. The molecule has 0 spiro atoms. The third-order valence-electron chi connectivity index (χ3n) is 6.68. The average molecular weight is 449 g/mol. The summed E-state index contributed by atoms with van der Waals surface area (Å²) < 4.78 is 2.27. The number of aromatic nitrogens is 3. The Labute approximate surface area is 200 Å². The molecule has 0 aliphatic heterocycles. The summed E-state index contributed by atoms with van der Waals surface area (Å²) in [5.74, 6) is 2.30. The number of hydrogen-bond acceptors (Lipinski definition) is 3. The summed E-state index contributed by atoms with van der Waals surface area (Å²) in [6.07, 6.45) is 29.7. The minimum Gasteiger partial charge on any atom is -0.316 e. The second-order valence-electron chi connectivity index (χ2n) is 10.1. The van der Waals surface area contributed by atoms with Crippen LogP contribution in [0.15, 0.2) is 0 Å². The van der Waals surface area contributed by atoms with Crippen molar-refractivity contribution >= 4 is 0 Å². The predicted octanol–water partition coefficient (Wildman–Crippen LogP) is 8.40. The molecule has 0 unspecified atom stereocenters. The summed E-state index contributed by atoms with van der Waals surface area (Å²) in [6.45, 7) is 4.58. The van der Waals surface area contributed by atoms with E-state index in [0.29, 0.717) is 0 Å². The van der Waals surface area contributed by atoms with E-state index < -0.39 is 0 Å². The highest BCUT2D eigenvalue weighted by Crippen LogP contribution is 2.15. The van der Waals surface area contributed by atoms with Crippen molar-refractivity contribution in [2.45, 2.75) is 155 Å². The van der Waals surface area contributed by atoms with Gasteiger partial charge in [-0.3, -0.25) is 0 Å². The highest BCUT2D eigenvalue weighted by Gasteiger charge is 2.13. The lowest BCUT2D eigenvalue weighted by Gasteiger charge is -2.19. The molecule has 4 heteroatoms. The molecule has 0 aliphatic rings. The molecule has 0 atom stereocenters. The largest absolute Gasteiger partial charge is 0.316 e. The highest BCUT2D eigenvalue weighted by molar-refractivity contribution is 5.01. The van der Waals surface area contributed by atoms with E-state index in [0.717, 1.165) is 24.5 Å². The zero-order chi connectivity index (χ0) is 23.3. The maximum Gasteiger partial charge on any atom is 0.152 e. The number of nitrogens with zero attached hydrogens (tertiary/aromatic N) is 4. The molecular formula is C28H56N4. The topological polar surface area (TPSA) is 34.0 Å². The minimum absolute atomic E-state index is 1.06. The van der Waals surface area contributed by atoms with Crippen molar-refractivity contribution < 1.29 is 0 Å². The van der Waals surface area contributed by atoms with Crippen molar-refractivity contribution in [1.29, 1.82) is 0 Å². The lowest BCUT2D eigenvalue weighted by Crippen LogP contribution is -2.29. The maximum absolute atomic E-state index is 4.55. The fourth-order valence-corrected chi connectivity index (χ4v) is 4.66. The van der Waals surface area contributed by atoms with Gasteiger partial charge in [0.15, 0.2) is 11.6 Å². The molecule has 32 heavy (non-hydrogen) atoms. The van der Waals surface area contributed by atoms with E-state index in [1.165, 1.54) is 128 Å². The molecule has 0 saturated heterocycles. The molecule has 4 nitrogen and oxygen atoms in total. The molecular weight excluding hydrogens is 392 g/mol. The van der Waals surface area contributed by atoms with Gasteiger partial charge in [-0.1, -0.05) is 129 Å². The normalized spacial score (nSPS) is 11.4. The molecule has 0 aliphatic carbocycles. The van der Waals surface area contributed by atoms with Crippen LogP contribution in [0.4, 0.5) is 0 Å². The number of aryl methyl sites for hydroxylation is 2. The second kappa shape index (κ2) is 20.5. The lowest BCUT2D eigenvalue weighted by molar-refractivity contribution is 0.541. The Balaban J connectivity index is 2.15. The summed E-state index contributed by atoms with van der Waals surface area (Å²) in [5, 5.41) is 11.3. The molecule has 0 radical (unpaired) electrons. The predicted molar refractivity (Wildman–Crippen MR) is 141 cm³/mol. The van der Waals surface area contributed by atoms with E-state index in [1.54, 1.807) is 0 Å². The maximum atomic E-state index is 4.55. The average Bonchev–Trinajstić information content (AvgIpc) is 3.19. The van der Waals surface area contributed by atoms with Crippen molar-refractivity contribution in [2.75, 3.05) is 19.1 Å². The van der Waals surface area contributed by atoms with Crippen LogP contribution in [0.1, 0.15) is 154 Å². The fraction of sp³-hybridized carbons (Fsp3) is 0.929. The van der Waals surface area contributed by atoms with Crippen LogP contribution in [0.5, 0.6) is 0 Å². The number of hydrogen-bond donors (Lipinski definition) is 0. The van der Waals surface area contributed by atoms with Crippen LogP contribution in [-0.2, 0) is 12.8 Å². The van der Waals surface area contributed by atoms with Crippen LogP contribution in [0.2, 0.25) is 0 Å². The van der Waals surface area contributed by atoms with E-state index in [1.807, 2.05) is 0 Å². The van der Waals surface area contributed by atoms with E-state index in [-0.39, 0.29) is 0 Å². The molecule has 1 aromatic heterocycles. The highest BCUT2D eigenvalue weighted by atomic mass is 15.6. The first kappa shape index (κ1) is 29.0. The third-order valence-corrected chi connectivity index (χ3v) is 6.68. The molecule has 0 amide bonds. The van der Waals surface area contributed by atoms with Gasteiger partial charge in [-0.25, -0.2) is 4.68 Å². The lowest BCUT2D eigenvalue weighted by atomic mass is 10.1. The van der Waals surface area contributed by atoms with Gasteiger partial charge in [-0.05, 0) is 12.8 Å². The van der Waals surface area contributed by atoms with Gasteiger partial charge < -0.3 is 5.01 Å². The molecule has 1 aromatic rings. The molecule has 1 rings (SSSR count). The fourth-order valence-electron chi connectivity index (χ4n) is 4.66. The Kier molecular flexibility index (Phi) is 18.6. The van der Waals surface area contributed by atoms with E-state index in [4.69, 9.17) is 0 Å². The van der Waals surface area contributed by atoms with Gasteiger partial charge in [0.2, 0.25) is 0 Å². The number of unbranched alkanes of at least 4 members (excludes halogenated alkanes) is 18. The Morgan fingerprint density at radius 1 is 0.469 bits per heavy atom. The van der Waals surface area contributed by atoms with Crippen molar-refractivity contribution in [3.8, 4) is 0 Å². The Bertz CT molecular complexity index is 482. The number of rotatable bonds is 23. The summed E-state index contributed by atoms with van der Waals surface area (Å²) in [6, 6.07) is 0. The van der Waals surface area contributed by atoms with Crippen molar-refractivity contribution in [3.63, 3.8) is 0 Å². The molecule has 0 bridgehead atoms. The summed E-state index contributed by atoms with van der Waals surface area (Å²) in [4.78, 5) is 0. The molecule has 0 fully saturated rings. The van der Waals surface area contributed by atoms with Gasteiger partial charge in [0.25, 0.3) is 0 Å². The Morgan fingerprint density at radius 3 is 1.03 bits per heavy atom. The first-order valence-corrected chi connectivity index (χ1v) is 14.3. The van der Waals surface area contributed by atoms with Crippen molar-refractivity contribution in [1.82, 2.24) is 14.9 Å². The quantitative estimate of drug-likeness (QED) is 0.158. The third kappa shape index (κ3) is 14.2. The van der Waals surface area contributed by atoms with Gasteiger partial charge in [-0.2, -0.15) is 0 Å². The first-order chi connectivity index (χ1) is 15.7. The molecule has 1 heterocycles. The van der Waals surface area contributed by atoms with Gasteiger partial charge in [0.05, 0.1) is 0 Å². The standard InChI is InChI=1S/C28H56N4/c1-5-7-9-11-13-15-17-19-21-23-25-27-29-30-28(32(27)31(3)4)26-24-22-20-18-16-14-12-10-8-6-2/h5-26H2,1-4H3. The van der Waals surface area contributed by atoms with Crippen LogP contribution in [0.25, 0.3) is 0 Å². The van der Waals surface area contributed by atoms with Gasteiger partial charge >= 0.3 is 0 Å². The first-order valence-electron chi connectivity index (χ1n) is 14.3. The van der Waals surface area contributed by atoms with Crippen molar-refractivity contribution in [2.24, 2.45) is 0 Å². The SMILES string of the molecule is CCCCCCCCCCCCc1nnc(CCCCCCCCCCCC)n1N(C)C. The molecule has 188 valence electrons.